The third-order valence-corrected chi connectivity index (χ3v) is 3.68. The molecule has 0 unspecified atom stereocenters. The maximum atomic E-state index is 12.4. The fourth-order valence-electron chi connectivity index (χ4n) is 2.29. The summed E-state index contributed by atoms with van der Waals surface area (Å²) in [6.07, 6.45) is 0. The standard InChI is InChI=1S/C15H16ClN3O3/c1-4-19-9(3)13(8(2)18-19)14(20)17-10-5-6-11(15(21)22)12(16)7-10/h5-7H,4H2,1-3H3,(H,17,20)(H,21,22). The SMILES string of the molecule is CCn1nc(C)c(C(=O)Nc2ccc(C(=O)O)c(Cl)c2)c1C. The van der Waals surface area contributed by atoms with Crippen LogP contribution in [0.1, 0.15) is 39.0 Å². The van der Waals surface area contributed by atoms with Gasteiger partial charge in [0.25, 0.3) is 5.91 Å². The Morgan fingerprint density at radius 2 is 2.05 bits per heavy atom. The molecule has 1 aromatic heterocycles. The minimum absolute atomic E-state index is 0.00849. The first kappa shape index (κ1) is 16.0. The van der Waals surface area contributed by atoms with Crippen LogP contribution in [0.4, 0.5) is 5.69 Å². The Bertz CT molecular complexity index is 753. The molecule has 0 aliphatic carbocycles. The minimum Gasteiger partial charge on any atom is -0.478 e. The zero-order chi connectivity index (χ0) is 16.4. The summed E-state index contributed by atoms with van der Waals surface area (Å²) in [4.78, 5) is 23.3. The molecule has 0 radical (unpaired) electrons. The van der Waals surface area contributed by atoms with E-state index >= 15 is 0 Å². The number of carbonyl (C=O) groups is 2. The minimum atomic E-state index is -1.11. The number of rotatable bonds is 4. The van der Waals surface area contributed by atoms with Crippen LogP contribution in [0.2, 0.25) is 5.02 Å². The number of carboxylic acids is 1. The third-order valence-electron chi connectivity index (χ3n) is 3.37. The fraction of sp³-hybridized carbons (Fsp3) is 0.267. The van der Waals surface area contributed by atoms with Crippen LogP contribution in [0.15, 0.2) is 18.2 Å². The van der Waals surface area contributed by atoms with Crippen LogP contribution in [-0.2, 0) is 6.54 Å². The van der Waals surface area contributed by atoms with Crippen molar-refractivity contribution in [3.8, 4) is 0 Å². The number of hydrogen-bond donors (Lipinski definition) is 2. The second-order valence-electron chi connectivity index (χ2n) is 4.82. The highest BCUT2D eigenvalue weighted by Gasteiger charge is 2.18. The molecule has 6 nitrogen and oxygen atoms in total. The number of carbonyl (C=O) groups excluding carboxylic acids is 1. The molecule has 2 N–H and O–H groups in total. The third kappa shape index (κ3) is 2.96. The first-order chi connectivity index (χ1) is 10.3. The average Bonchev–Trinajstić information content (AvgIpc) is 2.72. The molecule has 0 saturated carbocycles. The van der Waals surface area contributed by atoms with Gasteiger partial charge in [0.15, 0.2) is 0 Å². The van der Waals surface area contributed by atoms with Crippen LogP contribution in [0.3, 0.4) is 0 Å². The topological polar surface area (TPSA) is 84.2 Å². The first-order valence-corrected chi connectivity index (χ1v) is 7.11. The highest BCUT2D eigenvalue weighted by Crippen LogP contribution is 2.22. The lowest BCUT2D eigenvalue weighted by Gasteiger charge is -2.07. The van der Waals surface area contributed by atoms with E-state index in [0.717, 1.165) is 5.69 Å². The van der Waals surface area contributed by atoms with E-state index in [2.05, 4.69) is 10.4 Å². The van der Waals surface area contributed by atoms with Crippen molar-refractivity contribution >= 4 is 29.2 Å². The number of hydrogen-bond acceptors (Lipinski definition) is 3. The number of anilines is 1. The number of amides is 1. The van der Waals surface area contributed by atoms with Gasteiger partial charge in [-0.05, 0) is 39.0 Å². The maximum absolute atomic E-state index is 12.4. The molecule has 22 heavy (non-hydrogen) atoms. The van der Waals surface area contributed by atoms with Crippen molar-refractivity contribution in [3.63, 3.8) is 0 Å². The van der Waals surface area contributed by atoms with Gasteiger partial charge in [-0.25, -0.2) is 4.79 Å². The van der Waals surface area contributed by atoms with E-state index in [1.165, 1.54) is 18.2 Å². The molecule has 1 amide bonds. The van der Waals surface area contributed by atoms with E-state index in [4.69, 9.17) is 16.7 Å². The van der Waals surface area contributed by atoms with Crippen molar-refractivity contribution in [2.75, 3.05) is 5.32 Å². The van der Waals surface area contributed by atoms with E-state index in [-0.39, 0.29) is 16.5 Å². The number of aromatic nitrogens is 2. The van der Waals surface area contributed by atoms with E-state index < -0.39 is 5.97 Å². The number of nitrogens with zero attached hydrogens (tertiary/aromatic N) is 2. The van der Waals surface area contributed by atoms with E-state index in [1.807, 2.05) is 13.8 Å². The molecular formula is C15H16ClN3O3. The molecule has 7 heteroatoms. The molecule has 116 valence electrons. The van der Waals surface area contributed by atoms with Gasteiger partial charge in [0.05, 0.1) is 21.8 Å². The normalized spacial score (nSPS) is 10.5. The van der Waals surface area contributed by atoms with Gasteiger partial charge < -0.3 is 10.4 Å². The zero-order valence-electron chi connectivity index (χ0n) is 12.5. The second-order valence-corrected chi connectivity index (χ2v) is 5.22. The van der Waals surface area contributed by atoms with E-state index in [1.54, 1.807) is 11.6 Å². The van der Waals surface area contributed by atoms with Gasteiger partial charge >= 0.3 is 5.97 Å². The number of benzene rings is 1. The monoisotopic (exact) mass is 321 g/mol. The van der Waals surface area contributed by atoms with E-state index in [9.17, 15) is 9.59 Å². The highest BCUT2D eigenvalue weighted by atomic mass is 35.5. The summed E-state index contributed by atoms with van der Waals surface area (Å²) in [7, 11) is 0. The number of carboxylic acid groups (broad SMARTS) is 1. The predicted octanol–water partition coefficient (Wildman–Crippen LogP) is 3.12. The molecule has 1 heterocycles. The Labute approximate surface area is 132 Å². The first-order valence-electron chi connectivity index (χ1n) is 6.73. The Balaban J connectivity index is 2.28. The summed E-state index contributed by atoms with van der Waals surface area (Å²) >= 11 is 5.89. The van der Waals surface area contributed by atoms with Gasteiger partial charge in [-0.15, -0.1) is 0 Å². The van der Waals surface area contributed by atoms with Crippen molar-refractivity contribution in [2.45, 2.75) is 27.3 Å². The van der Waals surface area contributed by atoms with Crippen molar-refractivity contribution < 1.29 is 14.7 Å². The van der Waals surface area contributed by atoms with Crippen molar-refractivity contribution in [3.05, 3.63) is 45.7 Å². The summed E-state index contributed by atoms with van der Waals surface area (Å²) in [5.74, 6) is -1.41. The summed E-state index contributed by atoms with van der Waals surface area (Å²) in [5.41, 5.74) is 2.37. The Hall–Kier alpha value is -2.34. The molecule has 1 aromatic carbocycles. The van der Waals surface area contributed by atoms with Crippen LogP contribution in [0, 0.1) is 13.8 Å². The van der Waals surface area contributed by atoms with Crippen LogP contribution in [0.25, 0.3) is 0 Å². The van der Waals surface area contributed by atoms with Crippen LogP contribution < -0.4 is 5.32 Å². The molecule has 0 atom stereocenters. The van der Waals surface area contributed by atoms with Gasteiger partial charge in [0.1, 0.15) is 0 Å². The quantitative estimate of drug-likeness (QED) is 0.906. The van der Waals surface area contributed by atoms with Gasteiger partial charge in [0, 0.05) is 17.9 Å². The average molecular weight is 322 g/mol. The van der Waals surface area contributed by atoms with Crippen molar-refractivity contribution in [2.24, 2.45) is 0 Å². The molecule has 0 bridgehead atoms. The lowest BCUT2D eigenvalue weighted by Crippen LogP contribution is -2.14. The summed E-state index contributed by atoms with van der Waals surface area (Å²) in [6.45, 7) is 6.23. The molecule has 0 aliphatic heterocycles. The molecule has 0 spiro atoms. The Morgan fingerprint density at radius 1 is 1.36 bits per heavy atom. The number of aromatic carboxylic acids is 1. The van der Waals surface area contributed by atoms with E-state index in [0.29, 0.717) is 23.5 Å². The van der Waals surface area contributed by atoms with Crippen LogP contribution in [0.5, 0.6) is 0 Å². The van der Waals surface area contributed by atoms with Crippen LogP contribution in [-0.4, -0.2) is 26.8 Å². The Morgan fingerprint density at radius 3 is 2.55 bits per heavy atom. The summed E-state index contributed by atoms with van der Waals surface area (Å²) in [5, 5.41) is 16.0. The number of halogens is 1. The lowest BCUT2D eigenvalue weighted by atomic mass is 10.1. The van der Waals surface area contributed by atoms with Gasteiger partial charge in [-0.1, -0.05) is 11.6 Å². The molecule has 2 aromatic rings. The van der Waals surface area contributed by atoms with Crippen molar-refractivity contribution in [1.29, 1.82) is 0 Å². The van der Waals surface area contributed by atoms with Crippen molar-refractivity contribution in [1.82, 2.24) is 9.78 Å². The van der Waals surface area contributed by atoms with Gasteiger partial charge in [-0.3, -0.25) is 9.48 Å². The summed E-state index contributed by atoms with van der Waals surface area (Å²) in [6, 6.07) is 4.27. The van der Waals surface area contributed by atoms with Crippen LogP contribution >= 0.6 is 11.6 Å². The maximum Gasteiger partial charge on any atom is 0.337 e. The molecule has 0 fully saturated rings. The Kier molecular flexibility index (Phi) is 4.51. The fourth-order valence-corrected chi connectivity index (χ4v) is 2.55. The number of aryl methyl sites for hydroxylation is 2. The second kappa shape index (κ2) is 6.19. The summed E-state index contributed by atoms with van der Waals surface area (Å²) < 4.78 is 1.75. The largest absolute Gasteiger partial charge is 0.478 e. The number of nitrogens with one attached hydrogen (secondary N) is 1. The molecule has 2 rings (SSSR count). The predicted molar refractivity (Wildman–Crippen MR) is 83.7 cm³/mol. The lowest BCUT2D eigenvalue weighted by molar-refractivity contribution is 0.0697. The molecule has 0 saturated heterocycles. The molecule has 0 aliphatic rings. The van der Waals surface area contributed by atoms with Gasteiger partial charge in [-0.2, -0.15) is 5.10 Å². The molecular weight excluding hydrogens is 306 g/mol. The highest BCUT2D eigenvalue weighted by molar-refractivity contribution is 6.33. The van der Waals surface area contributed by atoms with Gasteiger partial charge in [0.2, 0.25) is 0 Å². The zero-order valence-corrected chi connectivity index (χ0v) is 13.2. The smallest absolute Gasteiger partial charge is 0.337 e.